The zero-order chi connectivity index (χ0) is 27.2. The van der Waals surface area contributed by atoms with E-state index < -0.39 is 6.61 Å². The summed E-state index contributed by atoms with van der Waals surface area (Å²) in [5, 5.41) is 4.83. The van der Waals surface area contributed by atoms with Crippen molar-refractivity contribution in [1.29, 1.82) is 0 Å². The second-order valence-electron chi connectivity index (χ2n) is 9.97. The van der Waals surface area contributed by atoms with Gasteiger partial charge in [0.05, 0.1) is 25.1 Å². The van der Waals surface area contributed by atoms with Crippen molar-refractivity contribution in [2.45, 2.75) is 79.8 Å². The number of hydrogen-bond acceptors (Lipinski definition) is 6. The van der Waals surface area contributed by atoms with Crippen molar-refractivity contribution in [3.63, 3.8) is 0 Å². The first-order chi connectivity index (χ1) is 17.8. The molecule has 37 heavy (non-hydrogen) atoms. The van der Waals surface area contributed by atoms with Crippen molar-refractivity contribution in [3.05, 3.63) is 30.1 Å². The SMILES string of the molecule is CCCN(CCC(C)CC)c1cc(C(C)C)n(-c2ccc(OC(F)F)nc2)n1.CCCN1CCOCC1. The van der Waals surface area contributed by atoms with Gasteiger partial charge in [0.15, 0.2) is 5.82 Å². The van der Waals surface area contributed by atoms with E-state index in [0.717, 1.165) is 69.4 Å². The van der Waals surface area contributed by atoms with Gasteiger partial charge >= 0.3 is 6.61 Å². The minimum atomic E-state index is -2.88. The Bertz CT molecular complexity index is 867. The summed E-state index contributed by atoms with van der Waals surface area (Å²) in [5.41, 5.74) is 1.79. The fourth-order valence-corrected chi connectivity index (χ4v) is 4.15. The topological polar surface area (TPSA) is 55.7 Å². The number of ether oxygens (including phenoxy) is 2. The van der Waals surface area contributed by atoms with Gasteiger partial charge in [-0.15, -0.1) is 5.10 Å². The Morgan fingerprint density at radius 1 is 1.05 bits per heavy atom. The van der Waals surface area contributed by atoms with Gasteiger partial charge in [-0.3, -0.25) is 4.90 Å². The molecule has 3 heterocycles. The van der Waals surface area contributed by atoms with E-state index in [-0.39, 0.29) is 11.8 Å². The number of halogens is 2. The maximum atomic E-state index is 12.3. The van der Waals surface area contributed by atoms with Gasteiger partial charge in [0.2, 0.25) is 5.88 Å². The molecule has 1 saturated heterocycles. The van der Waals surface area contributed by atoms with E-state index in [1.807, 2.05) is 4.68 Å². The summed E-state index contributed by atoms with van der Waals surface area (Å²) < 4.78 is 36.1. The molecule has 1 aliphatic rings. The molecule has 0 radical (unpaired) electrons. The molecular weight excluding hydrogens is 476 g/mol. The summed E-state index contributed by atoms with van der Waals surface area (Å²) in [4.78, 5) is 8.76. The minimum absolute atomic E-state index is 0.0987. The molecule has 3 rings (SSSR count). The molecule has 1 aliphatic heterocycles. The molecule has 2 aromatic rings. The third-order valence-electron chi connectivity index (χ3n) is 6.54. The first-order valence-electron chi connectivity index (χ1n) is 13.8. The lowest BCUT2D eigenvalue weighted by Gasteiger charge is -2.25. The number of pyridine rings is 1. The predicted molar refractivity (Wildman–Crippen MR) is 146 cm³/mol. The molecule has 7 nitrogen and oxygen atoms in total. The number of hydrogen-bond donors (Lipinski definition) is 0. The number of nitrogens with zero attached hydrogens (tertiary/aromatic N) is 5. The molecule has 9 heteroatoms. The molecule has 1 atom stereocenters. The molecule has 1 unspecified atom stereocenters. The monoisotopic (exact) mass is 523 g/mol. The maximum Gasteiger partial charge on any atom is 0.388 e. The predicted octanol–water partition coefficient (Wildman–Crippen LogP) is 6.37. The van der Waals surface area contributed by atoms with Crippen LogP contribution in [0.2, 0.25) is 0 Å². The summed E-state index contributed by atoms with van der Waals surface area (Å²) in [5.74, 6) is 1.79. The highest BCUT2D eigenvalue weighted by molar-refractivity contribution is 5.45. The third-order valence-corrected chi connectivity index (χ3v) is 6.54. The van der Waals surface area contributed by atoms with E-state index in [1.165, 1.54) is 31.6 Å². The number of aromatic nitrogens is 3. The van der Waals surface area contributed by atoms with Crippen molar-refractivity contribution in [1.82, 2.24) is 19.7 Å². The lowest BCUT2D eigenvalue weighted by atomic mass is 10.1. The molecule has 0 aliphatic carbocycles. The van der Waals surface area contributed by atoms with Crippen LogP contribution in [0.15, 0.2) is 24.4 Å². The molecule has 1 fully saturated rings. The fourth-order valence-electron chi connectivity index (χ4n) is 4.15. The number of morpholine rings is 1. The normalized spacial score (nSPS) is 15.0. The smallest absolute Gasteiger partial charge is 0.388 e. The summed E-state index contributed by atoms with van der Waals surface area (Å²) >= 11 is 0. The molecule has 210 valence electrons. The number of rotatable bonds is 13. The van der Waals surface area contributed by atoms with E-state index in [1.54, 1.807) is 6.07 Å². The lowest BCUT2D eigenvalue weighted by Crippen LogP contribution is -2.36. The Labute approximate surface area is 222 Å². The molecule has 0 N–H and O–H groups in total. The van der Waals surface area contributed by atoms with Gasteiger partial charge in [-0.1, -0.05) is 48.0 Å². The standard InChI is InChI=1S/C21H32F2N4O.C7H15NO/c1-6-11-26(12-10-16(5)7-2)19-13-18(15(3)4)27(25-19)17-8-9-20(24-14-17)28-21(22)23;1-2-3-8-4-6-9-7-5-8/h8-9,13-16,21H,6-7,10-12H2,1-5H3;2-7H2,1H3. The van der Waals surface area contributed by atoms with Crippen molar-refractivity contribution >= 4 is 5.82 Å². The highest BCUT2D eigenvalue weighted by Crippen LogP contribution is 2.26. The fraction of sp³-hybridized carbons (Fsp3) is 0.714. The van der Waals surface area contributed by atoms with E-state index in [4.69, 9.17) is 9.84 Å². The molecule has 0 spiro atoms. The van der Waals surface area contributed by atoms with Crippen LogP contribution in [0.4, 0.5) is 14.6 Å². The largest absolute Gasteiger partial charge is 0.417 e. The van der Waals surface area contributed by atoms with E-state index in [2.05, 4.69) is 67.1 Å². The van der Waals surface area contributed by atoms with Crippen LogP contribution in [0, 0.1) is 5.92 Å². The molecule has 0 aromatic carbocycles. The highest BCUT2D eigenvalue weighted by Gasteiger charge is 2.18. The lowest BCUT2D eigenvalue weighted by molar-refractivity contribution is -0.0528. The van der Waals surface area contributed by atoms with Crippen LogP contribution in [0.5, 0.6) is 5.88 Å². The van der Waals surface area contributed by atoms with Crippen LogP contribution in [0.25, 0.3) is 5.69 Å². The van der Waals surface area contributed by atoms with Crippen molar-refractivity contribution < 1.29 is 18.3 Å². The highest BCUT2D eigenvalue weighted by atomic mass is 19.3. The number of anilines is 1. The minimum Gasteiger partial charge on any atom is -0.417 e. The van der Waals surface area contributed by atoms with Crippen molar-refractivity contribution in [3.8, 4) is 11.6 Å². The van der Waals surface area contributed by atoms with Crippen LogP contribution >= 0.6 is 0 Å². The molecule has 0 bridgehead atoms. The van der Waals surface area contributed by atoms with Crippen LogP contribution < -0.4 is 9.64 Å². The maximum absolute atomic E-state index is 12.3. The molecule has 0 amide bonds. The van der Waals surface area contributed by atoms with Gasteiger partial charge < -0.3 is 14.4 Å². The Hall–Kier alpha value is -2.26. The van der Waals surface area contributed by atoms with Crippen LogP contribution in [-0.4, -0.2) is 72.2 Å². The van der Waals surface area contributed by atoms with E-state index in [9.17, 15) is 8.78 Å². The van der Waals surface area contributed by atoms with Crippen molar-refractivity contribution in [2.75, 3.05) is 50.8 Å². The van der Waals surface area contributed by atoms with Gasteiger partial charge in [-0.25, -0.2) is 9.67 Å². The van der Waals surface area contributed by atoms with Crippen LogP contribution in [-0.2, 0) is 4.74 Å². The zero-order valence-corrected chi connectivity index (χ0v) is 23.6. The first kappa shape index (κ1) is 31.0. The van der Waals surface area contributed by atoms with Crippen LogP contribution in [0.1, 0.15) is 78.8 Å². The third kappa shape index (κ3) is 10.6. The number of alkyl halides is 2. The molecular formula is C28H47F2N5O2. The van der Waals surface area contributed by atoms with Gasteiger partial charge in [0.25, 0.3) is 0 Å². The van der Waals surface area contributed by atoms with Gasteiger partial charge in [0, 0.05) is 44.0 Å². The second-order valence-corrected chi connectivity index (χ2v) is 9.97. The Kier molecular flexibility index (Phi) is 13.9. The van der Waals surface area contributed by atoms with Gasteiger partial charge in [0.1, 0.15) is 0 Å². The summed E-state index contributed by atoms with van der Waals surface area (Å²) in [6.07, 6.45) is 6.13. The molecule has 2 aromatic heterocycles. The summed E-state index contributed by atoms with van der Waals surface area (Å²) in [6.45, 7) is 17.5. The Morgan fingerprint density at radius 3 is 2.32 bits per heavy atom. The van der Waals surface area contributed by atoms with Gasteiger partial charge in [-0.05, 0) is 43.7 Å². The first-order valence-corrected chi connectivity index (χ1v) is 13.8. The quantitative estimate of drug-likeness (QED) is 0.304. The summed E-state index contributed by atoms with van der Waals surface area (Å²) in [6, 6.07) is 5.27. The van der Waals surface area contributed by atoms with E-state index in [0.29, 0.717) is 5.92 Å². The average Bonchev–Trinajstić information content (AvgIpc) is 3.33. The van der Waals surface area contributed by atoms with Crippen molar-refractivity contribution in [2.24, 2.45) is 5.92 Å². The van der Waals surface area contributed by atoms with E-state index >= 15 is 0 Å². The average molecular weight is 524 g/mol. The Morgan fingerprint density at radius 2 is 1.78 bits per heavy atom. The second kappa shape index (κ2) is 16.6. The molecule has 0 saturated carbocycles. The Balaban J connectivity index is 0.000000449. The summed E-state index contributed by atoms with van der Waals surface area (Å²) in [7, 11) is 0. The van der Waals surface area contributed by atoms with Gasteiger partial charge in [-0.2, -0.15) is 8.78 Å². The zero-order valence-electron chi connectivity index (χ0n) is 23.6. The van der Waals surface area contributed by atoms with Crippen LogP contribution in [0.3, 0.4) is 0 Å².